The maximum absolute atomic E-state index is 13.5. The van der Waals surface area contributed by atoms with Gasteiger partial charge in [-0.1, -0.05) is 35.9 Å². The number of methoxy groups -OCH3 is 1. The van der Waals surface area contributed by atoms with Crippen molar-refractivity contribution in [2.24, 2.45) is 0 Å². The molecule has 0 radical (unpaired) electrons. The Morgan fingerprint density at radius 3 is 2.41 bits per heavy atom. The van der Waals surface area contributed by atoms with E-state index in [4.69, 9.17) is 16.3 Å². The number of rotatable bonds is 8. The van der Waals surface area contributed by atoms with Crippen molar-refractivity contribution in [1.29, 1.82) is 0 Å². The highest BCUT2D eigenvalue weighted by Gasteiger charge is 2.19. The highest BCUT2D eigenvalue weighted by Crippen LogP contribution is 2.26. The average Bonchev–Trinajstić information content (AvgIpc) is 2.74. The Labute approximate surface area is 191 Å². The van der Waals surface area contributed by atoms with Crippen LogP contribution in [-0.2, 0) is 27.9 Å². The lowest BCUT2D eigenvalue weighted by Gasteiger charge is -2.23. The van der Waals surface area contributed by atoms with E-state index in [0.29, 0.717) is 23.4 Å². The van der Waals surface area contributed by atoms with Gasteiger partial charge in [0.15, 0.2) is 0 Å². The number of nitrogens with one attached hydrogen (secondary N) is 1. The summed E-state index contributed by atoms with van der Waals surface area (Å²) in [6.07, 6.45) is 1.06. The minimum absolute atomic E-state index is 0.00174. The predicted octanol–water partition coefficient (Wildman–Crippen LogP) is 4.84. The van der Waals surface area contributed by atoms with Crippen LogP contribution >= 0.6 is 11.6 Å². The highest BCUT2D eigenvalue weighted by molar-refractivity contribution is 7.92. The Morgan fingerprint density at radius 1 is 1.06 bits per heavy atom. The number of hydrogen-bond donors (Lipinski definition) is 1. The van der Waals surface area contributed by atoms with Gasteiger partial charge in [-0.25, -0.2) is 12.8 Å². The molecule has 3 rings (SSSR count). The van der Waals surface area contributed by atoms with Crippen molar-refractivity contribution < 1.29 is 22.3 Å². The van der Waals surface area contributed by atoms with Crippen molar-refractivity contribution in [3.63, 3.8) is 0 Å². The number of anilines is 2. The van der Waals surface area contributed by atoms with Gasteiger partial charge in [0.05, 0.1) is 30.1 Å². The zero-order valence-corrected chi connectivity index (χ0v) is 19.1. The smallest absolute Gasteiger partial charge is 0.255 e. The van der Waals surface area contributed by atoms with E-state index in [1.54, 1.807) is 37.4 Å². The number of amides is 1. The molecule has 32 heavy (non-hydrogen) atoms. The van der Waals surface area contributed by atoms with E-state index < -0.39 is 15.8 Å². The first-order chi connectivity index (χ1) is 15.2. The number of hydrogen-bond acceptors (Lipinski definition) is 4. The SMILES string of the molecule is COCc1cccc(NC(=O)c2ccc(CN(c3ccc(F)c(Cl)c3)S(C)(=O)=O)cc2)c1. The number of halogens is 2. The monoisotopic (exact) mass is 476 g/mol. The maximum atomic E-state index is 13.5. The summed E-state index contributed by atoms with van der Waals surface area (Å²) in [4.78, 5) is 12.6. The lowest BCUT2D eigenvalue weighted by Crippen LogP contribution is -2.29. The summed E-state index contributed by atoms with van der Waals surface area (Å²) >= 11 is 5.81. The Bertz CT molecular complexity index is 1220. The molecular weight excluding hydrogens is 455 g/mol. The Morgan fingerprint density at radius 2 is 1.78 bits per heavy atom. The largest absolute Gasteiger partial charge is 0.380 e. The Balaban J connectivity index is 1.75. The number of sulfonamides is 1. The molecule has 168 valence electrons. The molecule has 9 heteroatoms. The van der Waals surface area contributed by atoms with Crippen LogP contribution in [0.4, 0.5) is 15.8 Å². The first-order valence-corrected chi connectivity index (χ1v) is 11.8. The van der Waals surface area contributed by atoms with Crippen LogP contribution in [0.1, 0.15) is 21.5 Å². The molecule has 3 aromatic rings. The normalized spacial score (nSPS) is 11.2. The van der Waals surface area contributed by atoms with Gasteiger partial charge >= 0.3 is 0 Å². The van der Waals surface area contributed by atoms with E-state index in [1.165, 1.54) is 12.1 Å². The molecule has 0 saturated carbocycles. The van der Waals surface area contributed by atoms with Crippen molar-refractivity contribution in [2.45, 2.75) is 13.2 Å². The van der Waals surface area contributed by atoms with Crippen LogP contribution in [0.15, 0.2) is 66.7 Å². The first-order valence-electron chi connectivity index (χ1n) is 9.58. The van der Waals surface area contributed by atoms with E-state index in [0.717, 1.165) is 22.2 Å². The summed E-state index contributed by atoms with van der Waals surface area (Å²) in [7, 11) is -2.06. The standard InChI is InChI=1S/C23H22ClFN2O4S/c1-31-15-17-4-3-5-19(12-17)26-23(28)18-8-6-16(7-9-18)14-27(32(2,29)30)20-10-11-22(25)21(24)13-20/h3-13H,14-15H2,1-2H3,(H,26,28). The van der Waals surface area contributed by atoms with Crippen molar-refractivity contribution >= 4 is 38.9 Å². The maximum Gasteiger partial charge on any atom is 0.255 e. The van der Waals surface area contributed by atoms with Crippen LogP contribution in [0.2, 0.25) is 5.02 Å². The van der Waals surface area contributed by atoms with Crippen LogP contribution < -0.4 is 9.62 Å². The van der Waals surface area contributed by atoms with Crippen molar-refractivity contribution in [3.8, 4) is 0 Å². The van der Waals surface area contributed by atoms with Gasteiger partial charge in [0.25, 0.3) is 5.91 Å². The van der Waals surface area contributed by atoms with Crippen molar-refractivity contribution in [2.75, 3.05) is 23.0 Å². The van der Waals surface area contributed by atoms with Gasteiger partial charge in [-0.05, 0) is 53.6 Å². The Hall–Kier alpha value is -2.94. The van der Waals surface area contributed by atoms with Crippen LogP contribution in [0.3, 0.4) is 0 Å². The lowest BCUT2D eigenvalue weighted by atomic mass is 10.1. The highest BCUT2D eigenvalue weighted by atomic mass is 35.5. The van der Waals surface area contributed by atoms with Gasteiger partial charge in [0, 0.05) is 18.4 Å². The fraction of sp³-hybridized carbons (Fsp3) is 0.174. The van der Waals surface area contributed by atoms with Crippen LogP contribution in [0.5, 0.6) is 0 Å². The van der Waals surface area contributed by atoms with E-state index in [-0.39, 0.29) is 23.2 Å². The minimum Gasteiger partial charge on any atom is -0.380 e. The molecule has 0 fully saturated rings. The summed E-state index contributed by atoms with van der Waals surface area (Å²) in [6, 6.07) is 17.6. The molecule has 6 nitrogen and oxygen atoms in total. The van der Waals surface area contributed by atoms with Crippen molar-refractivity contribution in [1.82, 2.24) is 0 Å². The van der Waals surface area contributed by atoms with E-state index >= 15 is 0 Å². The number of benzene rings is 3. The molecule has 0 aromatic heterocycles. The first kappa shape index (κ1) is 23.7. The predicted molar refractivity (Wildman–Crippen MR) is 124 cm³/mol. The lowest BCUT2D eigenvalue weighted by molar-refractivity contribution is 0.102. The van der Waals surface area contributed by atoms with Crippen LogP contribution in [0, 0.1) is 5.82 Å². The molecule has 1 N–H and O–H groups in total. The van der Waals surface area contributed by atoms with Crippen molar-refractivity contribution in [3.05, 3.63) is 94.3 Å². The molecule has 3 aromatic carbocycles. The number of carbonyl (C=O) groups excluding carboxylic acids is 1. The topological polar surface area (TPSA) is 75.7 Å². The fourth-order valence-electron chi connectivity index (χ4n) is 3.08. The Kier molecular flexibility index (Phi) is 7.50. The summed E-state index contributed by atoms with van der Waals surface area (Å²) in [5, 5.41) is 2.66. The quantitative estimate of drug-likeness (QED) is 0.504. The molecule has 0 aliphatic rings. The third-order valence-corrected chi connectivity index (χ3v) is 6.06. The van der Waals surface area contributed by atoms with Gasteiger partial charge < -0.3 is 10.1 Å². The third-order valence-electron chi connectivity index (χ3n) is 4.63. The zero-order chi connectivity index (χ0) is 23.3. The van der Waals surface area contributed by atoms with Gasteiger partial charge in [-0.15, -0.1) is 0 Å². The molecule has 0 heterocycles. The van der Waals surface area contributed by atoms with Gasteiger partial charge in [-0.2, -0.15) is 0 Å². The van der Waals surface area contributed by atoms with E-state index in [1.807, 2.05) is 18.2 Å². The molecule has 0 atom stereocenters. The second-order valence-electron chi connectivity index (χ2n) is 7.15. The summed E-state index contributed by atoms with van der Waals surface area (Å²) in [6.45, 7) is 0.441. The van der Waals surface area contributed by atoms with E-state index in [2.05, 4.69) is 5.32 Å². The molecular formula is C23H22ClFN2O4S. The number of ether oxygens (including phenoxy) is 1. The van der Waals surface area contributed by atoms with Gasteiger partial charge in [0.2, 0.25) is 10.0 Å². The number of carbonyl (C=O) groups is 1. The minimum atomic E-state index is -3.66. The van der Waals surface area contributed by atoms with Crippen LogP contribution in [-0.4, -0.2) is 27.7 Å². The second kappa shape index (κ2) is 10.1. The third kappa shape index (κ3) is 6.06. The van der Waals surface area contributed by atoms with Crippen LogP contribution in [0.25, 0.3) is 0 Å². The van der Waals surface area contributed by atoms with E-state index in [9.17, 15) is 17.6 Å². The molecule has 0 bridgehead atoms. The second-order valence-corrected chi connectivity index (χ2v) is 9.47. The average molecular weight is 477 g/mol. The summed E-state index contributed by atoms with van der Waals surface area (Å²) < 4.78 is 44.3. The molecule has 0 saturated heterocycles. The molecule has 0 aliphatic heterocycles. The molecule has 0 unspecified atom stereocenters. The molecule has 0 spiro atoms. The zero-order valence-electron chi connectivity index (χ0n) is 17.5. The summed E-state index contributed by atoms with van der Waals surface area (Å²) in [5.41, 5.74) is 2.89. The summed E-state index contributed by atoms with van der Waals surface area (Å²) in [5.74, 6) is -0.927. The van der Waals surface area contributed by atoms with Gasteiger partial charge in [0.1, 0.15) is 5.82 Å². The molecule has 0 aliphatic carbocycles. The molecule has 1 amide bonds. The van der Waals surface area contributed by atoms with Gasteiger partial charge in [-0.3, -0.25) is 9.10 Å². The number of nitrogens with zero attached hydrogens (tertiary/aromatic N) is 1. The fourth-order valence-corrected chi connectivity index (χ4v) is 4.13.